The fourth-order valence-corrected chi connectivity index (χ4v) is 5.64. The van der Waals surface area contributed by atoms with E-state index in [0.29, 0.717) is 0 Å². The van der Waals surface area contributed by atoms with Gasteiger partial charge in [-0.3, -0.25) is 9.59 Å². The Morgan fingerprint density at radius 2 is 1.72 bits per heavy atom. The third kappa shape index (κ3) is 8.47. The highest BCUT2D eigenvalue weighted by Gasteiger charge is 2.57. The first-order valence-electron chi connectivity index (χ1n) is 12.2. The van der Waals surface area contributed by atoms with E-state index in [1.165, 1.54) is 24.1 Å². The van der Waals surface area contributed by atoms with E-state index in [-0.39, 0.29) is 55.7 Å². The molecule has 0 unspecified atom stereocenters. The first kappa shape index (κ1) is 31.4. The Morgan fingerprint density at radius 3 is 2.22 bits per heavy atom. The van der Waals surface area contributed by atoms with Gasteiger partial charge in [-0.05, 0) is 25.4 Å². The summed E-state index contributed by atoms with van der Waals surface area (Å²) in [5, 5.41) is 5.42. The maximum absolute atomic E-state index is 13.1. The largest absolute Gasteiger partial charge is 0.445 e. The van der Waals surface area contributed by atoms with E-state index in [9.17, 15) is 19.2 Å². The molecule has 1 aliphatic rings. The van der Waals surface area contributed by atoms with Crippen molar-refractivity contribution in [3.05, 3.63) is 25.3 Å². The highest BCUT2D eigenvalue weighted by atomic mass is 28.3. The zero-order valence-corrected chi connectivity index (χ0v) is 23.9. The van der Waals surface area contributed by atoms with Gasteiger partial charge in [0.1, 0.15) is 19.0 Å². The van der Waals surface area contributed by atoms with E-state index in [1.54, 1.807) is 0 Å². The lowest BCUT2D eigenvalue weighted by Crippen LogP contribution is -2.70. The monoisotopic (exact) mass is 525 g/mol. The number of β-lactam (4-membered cyclic amide) rings is 1. The molecule has 10 nitrogen and oxygen atoms in total. The van der Waals surface area contributed by atoms with Crippen molar-refractivity contribution >= 4 is 32.9 Å². The average Bonchev–Trinajstić information content (AvgIpc) is 2.76. The zero-order valence-electron chi connectivity index (χ0n) is 22.7. The van der Waals surface area contributed by atoms with Crippen molar-refractivity contribution in [1.82, 2.24) is 15.5 Å². The molecule has 0 aromatic rings. The molecule has 0 radical (unpaired) electrons. The second-order valence-electron chi connectivity index (χ2n) is 10.5. The van der Waals surface area contributed by atoms with E-state index in [2.05, 4.69) is 36.9 Å². The van der Waals surface area contributed by atoms with Crippen LogP contribution in [0.15, 0.2) is 25.3 Å². The Balaban J connectivity index is 2.98. The van der Waals surface area contributed by atoms with Gasteiger partial charge in [0.05, 0.1) is 23.6 Å². The number of carbonyl (C=O) groups excluding carboxylic acids is 4. The minimum absolute atomic E-state index is 0.0129. The number of amides is 3. The Bertz CT molecular complexity index is 827. The van der Waals surface area contributed by atoms with Gasteiger partial charge in [-0.25, -0.2) is 9.59 Å². The van der Waals surface area contributed by atoms with Gasteiger partial charge in [0.15, 0.2) is 9.04 Å². The number of nitrogens with one attached hydrogen (secondary N) is 2. The summed E-state index contributed by atoms with van der Waals surface area (Å²) >= 11 is 0. The van der Waals surface area contributed by atoms with Gasteiger partial charge in [-0.2, -0.15) is 0 Å². The molecule has 204 valence electrons. The molecular weight excluding hydrogens is 482 g/mol. The molecule has 4 atom stereocenters. The number of ether oxygens (including phenoxy) is 2. The molecule has 0 bridgehead atoms. The molecule has 0 saturated carbocycles. The number of hydrogen-bond donors (Lipinski definition) is 2. The molecule has 1 rings (SSSR count). The van der Waals surface area contributed by atoms with E-state index in [1.807, 2.05) is 27.7 Å². The van der Waals surface area contributed by atoms with Crippen LogP contribution in [0.5, 0.6) is 0 Å². The maximum atomic E-state index is 13.1. The Labute approximate surface area is 216 Å². The predicted octanol–water partition coefficient (Wildman–Crippen LogP) is 2.79. The van der Waals surface area contributed by atoms with E-state index < -0.39 is 38.8 Å². The number of alkyl carbamates (subject to hydrolysis) is 1. The SMILES string of the molecule is C=CCOC(=O)NC[C@H](CC(=O)C[C@H]1NC(=O)[C@@H]1[C@@](C)(O[SiH](C)C)C(C)(C)C)N(C)C(=O)OCC=C. The third-order valence-electron chi connectivity index (χ3n) is 6.46. The molecule has 1 aliphatic heterocycles. The maximum Gasteiger partial charge on any atom is 0.410 e. The quantitative estimate of drug-likeness (QED) is 0.203. The van der Waals surface area contributed by atoms with Gasteiger partial charge < -0.3 is 29.4 Å². The Morgan fingerprint density at radius 1 is 1.14 bits per heavy atom. The average molecular weight is 526 g/mol. The molecule has 0 aliphatic carbocycles. The normalized spacial score (nSPS) is 19.7. The van der Waals surface area contributed by atoms with Crippen molar-refractivity contribution in [3.8, 4) is 0 Å². The Kier molecular flexibility index (Phi) is 11.8. The summed E-state index contributed by atoms with van der Waals surface area (Å²) in [5.74, 6) is -0.775. The molecule has 1 fully saturated rings. The van der Waals surface area contributed by atoms with Crippen LogP contribution in [0.2, 0.25) is 13.1 Å². The van der Waals surface area contributed by atoms with Crippen molar-refractivity contribution in [2.24, 2.45) is 11.3 Å². The standard InChI is InChI=1S/C25H43N3O7Si/c1-10-12-33-22(31)26-16-17(28(7)23(32)34-13-11-2)14-18(29)15-19-20(21(30)27-19)25(6,24(3,4)5)35-36(8)9/h10-11,17,19-20,36H,1-2,12-16H2,3-9H3,(H,26,31)(H,27,30)/t17-,19+,20+,25+/m0/s1. The van der Waals surface area contributed by atoms with Crippen molar-refractivity contribution < 1.29 is 33.1 Å². The lowest BCUT2D eigenvalue weighted by Gasteiger charge is -2.54. The molecule has 0 aromatic heterocycles. The number of likely N-dealkylation sites (N-methyl/N-ethyl adjacent to an activating group) is 1. The number of hydrogen-bond acceptors (Lipinski definition) is 7. The topological polar surface area (TPSA) is 123 Å². The van der Waals surface area contributed by atoms with Crippen molar-refractivity contribution in [1.29, 1.82) is 0 Å². The number of ketones is 1. The molecule has 1 heterocycles. The first-order valence-corrected chi connectivity index (χ1v) is 15.0. The summed E-state index contributed by atoms with van der Waals surface area (Å²) in [7, 11) is -0.00431. The van der Waals surface area contributed by atoms with Crippen LogP contribution >= 0.6 is 0 Å². The summed E-state index contributed by atoms with van der Waals surface area (Å²) in [6.45, 7) is 19.2. The Hall–Kier alpha value is -2.66. The molecule has 2 N–H and O–H groups in total. The van der Waals surface area contributed by atoms with Crippen LogP contribution in [0.4, 0.5) is 9.59 Å². The van der Waals surface area contributed by atoms with Gasteiger partial charge in [0.25, 0.3) is 0 Å². The molecule has 1 saturated heterocycles. The number of nitrogens with zero attached hydrogens (tertiary/aromatic N) is 1. The second-order valence-corrected chi connectivity index (χ2v) is 12.8. The number of Topliss-reactive ketones (excluding diaryl/α,β-unsaturated/α-hetero) is 1. The van der Waals surface area contributed by atoms with Crippen LogP contribution in [0.3, 0.4) is 0 Å². The van der Waals surface area contributed by atoms with Crippen LogP contribution in [-0.4, -0.2) is 82.3 Å². The van der Waals surface area contributed by atoms with E-state index >= 15 is 0 Å². The summed E-state index contributed by atoms with van der Waals surface area (Å²) in [4.78, 5) is 51.3. The van der Waals surface area contributed by atoms with Crippen LogP contribution in [0.25, 0.3) is 0 Å². The van der Waals surface area contributed by atoms with Crippen LogP contribution in [-0.2, 0) is 23.5 Å². The molecule has 11 heteroatoms. The first-order chi connectivity index (χ1) is 16.7. The molecular formula is C25H43N3O7Si. The highest BCUT2D eigenvalue weighted by Crippen LogP contribution is 2.45. The fraction of sp³-hybridized carbons (Fsp3) is 0.680. The van der Waals surface area contributed by atoms with E-state index in [0.717, 1.165) is 0 Å². The van der Waals surface area contributed by atoms with Gasteiger partial charge in [-0.15, -0.1) is 0 Å². The van der Waals surface area contributed by atoms with Crippen LogP contribution < -0.4 is 10.6 Å². The third-order valence-corrected chi connectivity index (χ3v) is 7.42. The van der Waals surface area contributed by atoms with Crippen molar-refractivity contribution in [3.63, 3.8) is 0 Å². The van der Waals surface area contributed by atoms with Gasteiger partial charge >= 0.3 is 12.2 Å². The van der Waals surface area contributed by atoms with E-state index in [4.69, 9.17) is 13.9 Å². The lowest BCUT2D eigenvalue weighted by atomic mass is 9.63. The van der Waals surface area contributed by atoms with Crippen LogP contribution in [0.1, 0.15) is 40.5 Å². The predicted molar refractivity (Wildman–Crippen MR) is 140 cm³/mol. The zero-order chi connectivity index (χ0) is 27.7. The molecule has 0 aromatic carbocycles. The molecule has 0 spiro atoms. The van der Waals surface area contributed by atoms with Crippen molar-refractivity contribution in [2.45, 2.75) is 71.3 Å². The minimum atomic E-state index is -1.50. The number of rotatable bonds is 14. The summed E-state index contributed by atoms with van der Waals surface area (Å²) in [5.41, 5.74) is -1.07. The van der Waals surface area contributed by atoms with Gasteiger partial charge in [0, 0.05) is 26.4 Å². The smallest absolute Gasteiger partial charge is 0.410 e. The van der Waals surface area contributed by atoms with Crippen LogP contribution in [0, 0.1) is 11.3 Å². The summed E-state index contributed by atoms with van der Waals surface area (Å²) in [6, 6.07) is -1.07. The fourth-order valence-electron chi connectivity index (χ4n) is 4.16. The second kappa shape index (κ2) is 13.6. The minimum Gasteiger partial charge on any atom is -0.445 e. The highest BCUT2D eigenvalue weighted by molar-refractivity contribution is 6.48. The van der Waals surface area contributed by atoms with Gasteiger partial charge in [-0.1, -0.05) is 46.1 Å². The van der Waals surface area contributed by atoms with Gasteiger partial charge in [0.2, 0.25) is 5.91 Å². The molecule has 3 amide bonds. The number of carbonyl (C=O) groups is 4. The lowest BCUT2D eigenvalue weighted by molar-refractivity contribution is -0.160. The van der Waals surface area contributed by atoms with Crippen molar-refractivity contribution in [2.75, 3.05) is 26.8 Å². The molecule has 36 heavy (non-hydrogen) atoms. The summed E-state index contributed by atoms with van der Waals surface area (Å²) in [6.07, 6.45) is 1.55. The summed E-state index contributed by atoms with van der Waals surface area (Å²) < 4.78 is 16.4.